The standard InChI is InChI=1S/C20H22N4O5S/c1-22-15-8-6-13(11-16(15)23(2)20(22)26)21-30(27,28)14-7-9-18(29-3)17(12-14)24-10-4-5-19(24)25/h6-9,11-12,21H,4-5,10H2,1-3H3. The molecule has 3 aromatic rings. The zero-order valence-corrected chi connectivity index (χ0v) is 17.7. The van der Waals surface area contributed by atoms with Crippen LogP contribution in [0, 0.1) is 0 Å². The quantitative estimate of drug-likeness (QED) is 0.665. The van der Waals surface area contributed by atoms with Crippen LogP contribution in [0.5, 0.6) is 5.75 Å². The van der Waals surface area contributed by atoms with Gasteiger partial charge >= 0.3 is 5.69 Å². The molecule has 0 spiro atoms. The summed E-state index contributed by atoms with van der Waals surface area (Å²) in [6, 6.07) is 9.33. The molecule has 1 aromatic heterocycles. The van der Waals surface area contributed by atoms with E-state index in [4.69, 9.17) is 4.74 Å². The van der Waals surface area contributed by atoms with Crippen molar-refractivity contribution in [2.45, 2.75) is 17.7 Å². The van der Waals surface area contributed by atoms with Crippen LogP contribution < -0.4 is 20.0 Å². The van der Waals surface area contributed by atoms with Gasteiger partial charge in [-0.25, -0.2) is 13.2 Å². The van der Waals surface area contributed by atoms with Crippen molar-refractivity contribution in [2.24, 2.45) is 14.1 Å². The van der Waals surface area contributed by atoms with Crippen molar-refractivity contribution in [2.75, 3.05) is 23.3 Å². The van der Waals surface area contributed by atoms with E-state index >= 15 is 0 Å². The first-order chi connectivity index (χ1) is 14.2. The molecule has 10 heteroatoms. The molecule has 1 saturated heterocycles. The monoisotopic (exact) mass is 430 g/mol. The summed E-state index contributed by atoms with van der Waals surface area (Å²) in [5, 5.41) is 0. The van der Waals surface area contributed by atoms with Crippen LogP contribution in [0.15, 0.2) is 46.1 Å². The molecule has 2 aromatic carbocycles. The largest absolute Gasteiger partial charge is 0.495 e. The maximum atomic E-state index is 13.0. The van der Waals surface area contributed by atoms with Gasteiger partial charge < -0.3 is 9.64 Å². The summed E-state index contributed by atoms with van der Waals surface area (Å²) >= 11 is 0. The molecule has 9 nitrogen and oxygen atoms in total. The number of aryl methyl sites for hydroxylation is 2. The number of methoxy groups -OCH3 is 1. The predicted molar refractivity (Wildman–Crippen MR) is 114 cm³/mol. The van der Waals surface area contributed by atoms with Crippen molar-refractivity contribution in [3.05, 3.63) is 46.9 Å². The number of carbonyl (C=O) groups excluding carboxylic acids is 1. The van der Waals surface area contributed by atoms with Gasteiger partial charge in [0.15, 0.2) is 0 Å². The van der Waals surface area contributed by atoms with E-state index in [1.165, 1.54) is 28.4 Å². The number of benzene rings is 2. The van der Waals surface area contributed by atoms with E-state index in [1.807, 2.05) is 0 Å². The molecule has 0 radical (unpaired) electrons. The molecule has 0 aliphatic carbocycles. The van der Waals surface area contributed by atoms with E-state index in [2.05, 4.69) is 4.72 Å². The maximum Gasteiger partial charge on any atom is 0.328 e. The molecule has 0 atom stereocenters. The van der Waals surface area contributed by atoms with E-state index in [0.29, 0.717) is 47.5 Å². The summed E-state index contributed by atoms with van der Waals surface area (Å²) in [6.07, 6.45) is 1.14. The SMILES string of the molecule is COc1ccc(S(=O)(=O)Nc2ccc3c(c2)n(C)c(=O)n3C)cc1N1CCCC1=O. The lowest BCUT2D eigenvalue weighted by Gasteiger charge is -2.20. The molecule has 158 valence electrons. The number of ether oxygens (including phenoxy) is 1. The molecular formula is C20H22N4O5S. The fraction of sp³-hybridized carbons (Fsp3) is 0.300. The van der Waals surface area contributed by atoms with Crippen molar-refractivity contribution in [3.63, 3.8) is 0 Å². The summed E-state index contributed by atoms with van der Waals surface area (Å²) in [4.78, 5) is 25.8. The molecule has 30 heavy (non-hydrogen) atoms. The molecule has 4 rings (SSSR count). The maximum absolute atomic E-state index is 13.0. The highest BCUT2D eigenvalue weighted by atomic mass is 32.2. The third-order valence-corrected chi connectivity index (χ3v) is 6.73. The van der Waals surface area contributed by atoms with Crippen molar-refractivity contribution >= 4 is 38.3 Å². The third-order valence-electron chi connectivity index (χ3n) is 5.35. The van der Waals surface area contributed by atoms with E-state index in [9.17, 15) is 18.0 Å². The Kier molecular flexibility index (Phi) is 4.81. The van der Waals surface area contributed by atoms with E-state index in [-0.39, 0.29) is 16.5 Å². The van der Waals surface area contributed by atoms with E-state index < -0.39 is 10.0 Å². The molecule has 1 fully saturated rings. The Hall–Kier alpha value is -3.27. The second kappa shape index (κ2) is 7.21. The van der Waals surface area contributed by atoms with E-state index in [1.54, 1.807) is 43.3 Å². The normalized spacial score (nSPS) is 14.5. The minimum atomic E-state index is -3.93. The van der Waals surface area contributed by atoms with Crippen LogP contribution in [0.25, 0.3) is 11.0 Å². The number of aromatic nitrogens is 2. The summed E-state index contributed by atoms with van der Waals surface area (Å²) in [5.74, 6) is 0.371. The lowest BCUT2D eigenvalue weighted by molar-refractivity contribution is -0.117. The molecule has 0 saturated carbocycles. The lowest BCUT2D eigenvalue weighted by atomic mass is 10.2. The molecule has 1 amide bonds. The Morgan fingerprint density at radius 3 is 2.40 bits per heavy atom. The first-order valence-corrected chi connectivity index (χ1v) is 10.9. The Morgan fingerprint density at radius 1 is 1.00 bits per heavy atom. The smallest absolute Gasteiger partial charge is 0.328 e. The molecular weight excluding hydrogens is 408 g/mol. The minimum Gasteiger partial charge on any atom is -0.495 e. The van der Waals surface area contributed by atoms with Gasteiger partial charge in [0.1, 0.15) is 5.75 Å². The second-order valence-corrected chi connectivity index (χ2v) is 8.87. The van der Waals surface area contributed by atoms with Crippen LogP contribution in [0.1, 0.15) is 12.8 Å². The van der Waals surface area contributed by atoms with Crippen LogP contribution >= 0.6 is 0 Å². The van der Waals surface area contributed by atoms with Crippen LogP contribution in [-0.2, 0) is 28.9 Å². The first kappa shape index (κ1) is 20.0. The van der Waals surface area contributed by atoms with Crippen molar-refractivity contribution in [3.8, 4) is 5.75 Å². The van der Waals surface area contributed by atoms with Gasteiger partial charge in [0.05, 0.1) is 34.4 Å². The molecule has 0 bridgehead atoms. The Morgan fingerprint density at radius 2 is 1.73 bits per heavy atom. The third kappa shape index (κ3) is 3.22. The minimum absolute atomic E-state index is 0.0139. The van der Waals surface area contributed by atoms with Gasteiger partial charge in [-0.15, -0.1) is 0 Å². The number of nitrogens with zero attached hydrogens (tertiary/aromatic N) is 3. The zero-order chi connectivity index (χ0) is 21.6. The fourth-order valence-electron chi connectivity index (χ4n) is 3.74. The van der Waals surface area contributed by atoms with Gasteiger partial charge in [0.25, 0.3) is 10.0 Å². The number of sulfonamides is 1. The Labute approximate surface area is 173 Å². The number of anilines is 2. The van der Waals surface area contributed by atoms with Gasteiger partial charge in [-0.05, 0) is 42.8 Å². The van der Waals surface area contributed by atoms with Gasteiger partial charge in [-0.2, -0.15) is 0 Å². The van der Waals surface area contributed by atoms with Crippen LogP contribution in [0.3, 0.4) is 0 Å². The Balaban J connectivity index is 1.72. The van der Waals surface area contributed by atoms with Crippen LogP contribution in [0.2, 0.25) is 0 Å². The number of rotatable bonds is 5. The summed E-state index contributed by atoms with van der Waals surface area (Å²) in [7, 11) is 0.837. The number of amides is 1. The average molecular weight is 430 g/mol. The van der Waals surface area contributed by atoms with Crippen molar-refractivity contribution < 1.29 is 17.9 Å². The van der Waals surface area contributed by atoms with Gasteiger partial charge in [-0.3, -0.25) is 18.7 Å². The van der Waals surface area contributed by atoms with Crippen molar-refractivity contribution in [1.29, 1.82) is 0 Å². The van der Waals surface area contributed by atoms with Crippen LogP contribution in [0.4, 0.5) is 11.4 Å². The molecule has 1 aliphatic heterocycles. The number of imidazole rings is 1. The zero-order valence-electron chi connectivity index (χ0n) is 16.9. The molecule has 1 aliphatic rings. The highest BCUT2D eigenvalue weighted by Gasteiger charge is 2.26. The van der Waals surface area contributed by atoms with Gasteiger partial charge in [-0.1, -0.05) is 0 Å². The summed E-state index contributed by atoms with van der Waals surface area (Å²) in [6.45, 7) is 0.519. The predicted octanol–water partition coefficient (Wildman–Crippen LogP) is 1.81. The van der Waals surface area contributed by atoms with Crippen LogP contribution in [-0.4, -0.2) is 37.1 Å². The summed E-state index contributed by atoms with van der Waals surface area (Å²) in [5.41, 5.74) is 1.88. The lowest BCUT2D eigenvalue weighted by Crippen LogP contribution is -2.24. The highest BCUT2D eigenvalue weighted by molar-refractivity contribution is 7.92. The number of fused-ring (bicyclic) bond motifs is 1. The first-order valence-electron chi connectivity index (χ1n) is 9.39. The molecule has 2 heterocycles. The Bertz CT molecular complexity index is 1320. The second-order valence-electron chi connectivity index (χ2n) is 7.19. The fourth-order valence-corrected chi connectivity index (χ4v) is 4.80. The average Bonchev–Trinajstić information content (AvgIpc) is 3.24. The topological polar surface area (TPSA) is 103 Å². The van der Waals surface area contributed by atoms with E-state index in [0.717, 1.165) is 0 Å². The highest BCUT2D eigenvalue weighted by Crippen LogP contribution is 2.34. The number of hydrogen-bond donors (Lipinski definition) is 1. The summed E-state index contributed by atoms with van der Waals surface area (Å²) < 4.78 is 36.9. The number of hydrogen-bond acceptors (Lipinski definition) is 5. The van der Waals surface area contributed by atoms with Crippen molar-refractivity contribution in [1.82, 2.24) is 9.13 Å². The molecule has 1 N–H and O–H groups in total. The van der Waals surface area contributed by atoms with Gasteiger partial charge in [0, 0.05) is 27.1 Å². The number of nitrogens with one attached hydrogen (secondary N) is 1. The molecule has 0 unspecified atom stereocenters. The van der Waals surface area contributed by atoms with Gasteiger partial charge in [0.2, 0.25) is 5.91 Å². The number of carbonyl (C=O) groups is 1.